The highest BCUT2D eigenvalue weighted by Crippen LogP contribution is 2.27. The van der Waals surface area contributed by atoms with Crippen LogP contribution in [0.5, 0.6) is 0 Å². The van der Waals surface area contributed by atoms with Crippen molar-refractivity contribution >= 4 is 11.5 Å². The molecule has 0 heterocycles. The predicted octanol–water partition coefficient (Wildman–Crippen LogP) is 2.16. The molecule has 0 aliphatic rings. The molecular weight excluding hydrogens is 254 g/mol. The standard InChI is InChI=1S/C10H11F4N3O/c11-7-3-1-2-4-8(7)16-5-6(9(15)17-18)10(12,13)14/h1-4,6,16,18H,5H2,(H2,15,17). The minimum atomic E-state index is -4.69. The zero-order chi connectivity index (χ0) is 13.8. The van der Waals surface area contributed by atoms with Crippen LogP contribution in [-0.2, 0) is 0 Å². The lowest BCUT2D eigenvalue weighted by atomic mass is 10.1. The van der Waals surface area contributed by atoms with Gasteiger partial charge in [0.15, 0.2) is 5.84 Å². The van der Waals surface area contributed by atoms with Crippen LogP contribution in [0.2, 0.25) is 0 Å². The van der Waals surface area contributed by atoms with Crippen molar-refractivity contribution < 1.29 is 22.8 Å². The van der Waals surface area contributed by atoms with Gasteiger partial charge in [-0.05, 0) is 12.1 Å². The highest BCUT2D eigenvalue weighted by molar-refractivity contribution is 5.83. The van der Waals surface area contributed by atoms with Crippen LogP contribution >= 0.6 is 0 Å². The van der Waals surface area contributed by atoms with Gasteiger partial charge in [-0.3, -0.25) is 0 Å². The lowest BCUT2D eigenvalue weighted by molar-refractivity contribution is -0.152. The van der Waals surface area contributed by atoms with Crippen LogP contribution in [-0.4, -0.2) is 23.8 Å². The summed E-state index contributed by atoms with van der Waals surface area (Å²) in [6.45, 7) is -0.722. The number of hydrogen-bond donors (Lipinski definition) is 3. The average Bonchev–Trinajstić information content (AvgIpc) is 2.29. The van der Waals surface area contributed by atoms with Gasteiger partial charge in [-0.25, -0.2) is 4.39 Å². The summed E-state index contributed by atoms with van der Waals surface area (Å²) in [5.74, 6) is -3.86. The first kappa shape index (κ1) is 14.1. The van der Waals surface area contributed by atoms with Gasteiger partial charge in [0.25, 0.3) is 0 Å². The molecule has 100 valence electrons. The summed E-state index contributed by atoms with van der Waals surface area (Å²) in [5, 5.41) is 12.9. The van der Waals surface area contributed by atoms with Gasteiger partial charge in [0, 0.05) is 6.54 Å². The Morgan fingerprint density at radius 3 is 2.50 bits per heavy atom. The molecule has 1 rings (SSSR count). The molecule has 0 radical (unpaired) electrons. The summed E-state index contributed by atoms with van der Waals surface area (Å²) in [6, 6.07) is 5.27. The monoisotopic (exact) mass is 265 g/mol. The molecule has 1 atom stereocenters. The van der Waals surface area contributed by atoms with E-state index >= 15 is 0 Å². The molecule has 1 unspecified atom stereocenters. The second kappa shape index (κ2) is 5.56. The minimum absolute atomic E-state index is 0.0857. The maximum atomic E-state index is 13.2. The van der Waals surface area contributed by atoms with Gasteiger partial charge in [-0.2, -0.15) is 13.2 Å². The summed E-state index contributed by atoms with van der Waals surface area (Å²) in [6.07, 6.45) is -4.69. The molecule has 0 spiro atoms. The van der Waals surface area contributed by atoms with Gasteiger partial charge in [0.2, 0.25) is 0 Å². The van der Waals surface area contributed by atoms with Gasteiger partial charge in [-0.15, -0.1) is 0 Å². The quantitative estimate of drug-likeness (QED) is 0.257. The smallest absolute Gasteiger partial charge is 0.400 e. The Hall–Kier alpha value is -1.99. The molecule has 0 saturated heterocycles. The number of benzene rings is 1. The van der Waals surface area contributed by atoms with Crippen molar-refractivity contribution in [1.29, 1.82) is 0 Å². The Bertz CT molecular complexity index is 433. The van der Waals surface area contributed by atoms with E-state index in [4.69, 9.17) is 10.9 Å². The molecule has 0 bridgehead atoms. The van der Waals surface area contributed by atoms with Gasteiger partial charge < -0.3 is 16.3 Å². The van der Waals surface area contributed by atoms with E-state index < -0.39 is 30.3 Å². The Morgan fingerprint density at radius 2 is 2.00 bits per heavy atom. The third-order valence-corrected chi connectivity index (χ3v) is 2.24. The maximum absolute atomic E-state index is 13.2. The van der Waals surface area contributed by atoms with E-state index in [9.17, 15) is 17.6 Å². The first-order valence-corrected chi connectivity index (χ1v) is 4.88. The summed E-state index contributed by atoms with van der Waals surface area (Å²) in [5.41, 5.74) is 4.87. The fourth-order valence-corrected chi connectivity index (χ4v) is 1.27. The number of alkyl halides is 3. The fraction of sp³-hybridized carbons (Fsp3) is 0.300. The van der Waals surface area contributed by atoms with Crippen LogP contribution in [0.25, 0.3) is 0 Å². The SMILES string of the molecule is N/C(=N/O)C(CNc1ccccc1F)C(F)(F)F. The van der Waals surface area contributed by atoms with Gasteiger partial charge in [0.05, 0.1) is 5.69 Å². The molecule has 1 aromatic carbocycles. The average molecular weight is 265 g/mol. The molecule has 0 aromatic heterocycles. The van der Waals surface area contributed by atoms with E-state index in [1.54, 1.807) is 0 Å². The number of amidine groups is 1. The zero-order valence-electron chi connectivity index (χ0n) is 9.08. The van der Waals surface area contributed by atoms with Crippen LogP contribution in [0.4, 0.5) is 23.2 Å². The van der Waals surface area contributed by atoms with Crippen molar-refractivity contribution in [3.8, 4) is 0 Å². The van der Waals surface area contributed by atoms with Crippen LogP contribution in [0, 0.1) is 11.7 Å². The number of nitrogens with one attached hydrogen (secondary N) is 1. The lowest BCUT2D eigenvalue weighted by Gasteiger charge is -2.19. The van der Waals surface area contributed by atoms with E-state index in [1.807, 2.05) is 0 Å². The molecule has 1 aromatic rings. The predicted molar refractivity (Wildman–Crippen MR) is 57.8 cm³/mol. The molecule has 0 aliphatic heterocycles. The van der Waals surface area contributed by atoms with Crippen molar-refractivity contribution in [3.05, 3.63) is 30.1 Å². The van der Waals surface area contributed by atoms with E-state index in [2.05, 4.69) is 10.5 Å². The third-order valence-electron chi connectivity index (χ3n) is 2.24. The molecular formula is C10H11F4N3O. The number of anilines is 1. The molecule has 18 heavy (non-hydrogen) atoms. The van der Waals surface area contributed by atoms with E-state index in [-0.39, 0.29) is 5.69 Å². The number of rotatable bonds is 4. The first-order chi connectivity index (χ1) is 8.36. The van der Waals surface area contributed by atoms with E-state index in [0.717, 1.165) is 6.07 Å². The first-order valence-electron chi connectivity index (χ1n) is 4.88. The molecule has 4 N–H and O–H groups in total. The number of hydrogen-bond acceptors (Lipinski definition) is 3. The summed E-state index contributed by atoms with van der Waals surface area (Å²) >= 11 is 0. The molecule has 0 saturated carbocycles. The minimum Gasteiger partial charge on any atom is -0.409 e. The zero-order valence-corrected chi connectivity index (χ0v) is 9.08. The Kier molecular flexibility index (Phi) is 4.35. The lowest BCUT2D eigenvalue weighted by Crippen LogP contribution is -2.40. The van der Waals surface area contributed by atoms with Crippen molar-refractivity contribution in [2.75, 3.05) is 11.9 Å². The molecule has 0 fully saturated rings. The van der Waals surface area contributed by atoms with Crippen LogP contribution in [0.3, 0.4) is 0 Å². The normalized spacial score (nSPS) is 14.3. The van der Waals surface area contributed by atoms with Crippen molar-refractivity contribution in [2.24, 2.45) is 16.8 Å². The molecule has 0 amide bonds. The third kappa shape index (κ3) is 3.51. The second-order valence-corrected chi connectivity index (χ2v) is 3.48. The van der Waals surface area contributed by atoms with Crippen LogP contribution < -0.4 is 11.1 Å². The molecule has 8 heteroatoms. The number of nitrogens with zero attached hydrogens (tertiary/aromatic N) is 1. The second-order valence-electron chi connectivity index (χ2n) is 3.48. The van der Waals surface area contributed by atoms with Crippen molar-refractivity contribution in [2.45, 2.75) is 6.18 Å². The molecule has 0 aliphatic carbocycles. The van der Waals surface area contributed by atoms with Gasteiger partial charge >= 0.3 is 6.18 Å². The maximum Gasteiger partial charge on any atom is 0.400 e. The molecule has 4 nitrogen and oxygen atoms in total. The number of halogens is 4. The van der Waals surface area contributed by atoms with Crippen LogP contribution in [0.1, 0.15) is 0 Å². The largest absolute Gasteiger partial charge is 0.409 e. The Balaban J connectivity index is 2.78. The highest BCUT2D eigenvalue weighted by Gasteiger charge is 2.42. The fourth-order valence-electron chi connectivity index (χ4n) is 1.27. The Morgan fingerprint density at radius 1 is 1.39 bits per heavy atom. The highest BCUT2D eigenvalue weighted by atomic mass is 19.4. The van der Waals surface area contributed by atoms with Crippen molar-refractivity contribution in [1.82, 2.24) is 0 Å². The summed E-state index contributed by atoms with van der Waals surface area (Å²) in [4.78, 5) is 0. The van der Waals surface area contributed by atoms with E-state index in [0.29, 0.717) is 0 Å². The topological polar surface area (TPSA) is 70.6 Å². The summed E-state index contributed by atoms with van der Waals surface area (Å²) < 4.78 is 50.8. The number of nitrogens with two attached hydrogens (primary N) is 1. The number of oxime groups is 1. The Labute approximate surface area is 100 Å². The van der Waals surface area contributed by atoms with Gasteiger partial charge in [-0.1, -0.05) is 17.3 Å². The number of para-hydroxylation sites is 1. The summed E-state index contributed by atoms with van der Waals surface area (Å²) in [7, 11) is 0. The van der Waals surface area contributed by atoms with Gasteiger partial charge in [0.1, 0.15) is 11.7 Å². The van der Waals surface area contributed by atoms with E-state index in [1.165, 1.54) is 18.2 Å². The van der Waals surface area contributed by atoms with Crippen LogP contribution in [0.15, 0.2) is 29.4 Å². The van der Waals surface area contributed by atoms with Crippen molar-refractivity contribution in [3.63, 3.8) is 0 Å².